The van der Waals surface area contributed by atoms with Gasteiger partial charge in [-0.15, -0.1) is 0 Å². The first-order valence-corrected chi connectivity index (χ1v) is 6.72. The summed E-state index contributed by atoms with van der Waals surface area (Å²) < 4.78 is 0. The highest BCUT2D eigenvalue weighted by molar-refractivity contribution is 5.83. The maximum atomic E-state index is 11.5. The second-order valence-electron chi connectivity index (χ2n) is 5.01. The Morgan fingerprint density at radius 2 is 2.18 bits per heavy atom. The average molecular weight is 239 g/mol. The van der Waals surface area contributed by atoms with Crippen LogP contribution in [0.3, 0.4) is 0 Å². The highest BCUT2D eigenvalue weighted by Crippen LogP contribution is 2.05. The number of aliphatic imine (C=N–C) groups is 1. The first kappa shape index (κ1) is 14.0. The SMILES string of the molecule is CC(C)CNC(=O)CCNC1=NCCCCC1. The van der Waals surface area contributed by atoms with Crippen LogP contribution in [0, 0.1) is 5.92 Å². The molecule has 0 aromatic heterocycles. The summed E-state index contributed by atoms with van der Waals surface area (Å²) in [6.07, 6.45) is 5.24. The zero-order chi connectivity index (χ0) is 12.5. The van der Waals surface area contributed by atoms with Crippen molar-refractivity contribution in [2.75, 3.05) is 19.6 Å². The summed E-state index contributed by atoms with van der Waals surface area (Å²) in [7, 11) is 0. The minimum absolute atomic E-state index is 0.125. The number of amidine groups is 1. The molecule has 0 saturated heterocycles. The van der Waals surface area contributed by atoms with E-state index in [1.54, 1.807) is 0 Å². The quantitative estimate of drug-likeness (QED) is 0.767. The molecule has 98 valence electrons. The second kappa shape index (κ2) is 8.09. The molecule has 0 unspecified atom stereocenters. The van der Waals surface area contributed by atoms with E-state index >= 15 is 0 Å². The van der Waals surface area contributed by atoms with Gasteiger partial charge in [0.05, 0.1) is 5.84 Å². The number of rotatable bonds is 5. The van der Waals surface area contributed by atoms with Crippen molar-refractivity contribution in [2.45, 2.75) is 46.0 Å². The zero-order valence-corrected chi connectivity index (χ0v) is 11.1. The van der Waals surface area contributed by atoms with Crippen molar-refractivity contribution >= 4 is 11.7 Å². The molecule has 0 radical (unpaired) electrons. The minimum atomic E-state index is 0.125. The Labute approximate surface area is 104 Å². The van der Waals surface area contributed by atoms with Gasteiger partial charge in [-0.2, -0.15) is 0 Å². The Morgan fingerprint density at radius 3 is 2.94 bits per heavy atom. The third-order valence-corrected chi connectivity index (χ3v) is 2.76. The number of amides is 1. The van der Waals surface area contributed by atoms with E-state index in [0.717, 1.165) is 25.3 Å². The van der Waals surface area contributed by atoms with Crippen molar-refractivity contribution in [3.05, 3.63) is 0 Å². The number of hydrogen-bond acceptors (Lipinski definition) is 3. The fourth-order valence-electron chi connectivity index (χ4n) is 1.75. The molecule has 1 aliphatic heterocycles. The maximum absolute atomic E-state index is 11.5. The fraction of sp³-hybridized carbons (Fsp3) is 0.846. The molecule has 0 saturated carbocycles. The lowest BCUT2D eigenvalue weighted by Gasteiger charge is -2.09. The summed E-state index contributed by atoms with van der Waals surface area (Å²) in [4.78, 5) is 15.9. The Hall–Kier alpha value is -1.06. The number of carbonyl (C=O) groups excluding carboxylic acids is 1. The van der Waals surface area contributed by atoms with Gasteiger partial charge in [-0.05, 0) is 18.8 Å². The van der Waals surface area contributed by atoms with Gasteiger partial charge in [-0.25, -0.2) is 0 Å². The van der Waals surface area contributed by atoms with Gasteiger partial charge in [0.15, 0.2) is 0 Å². The molecule has 1 rings (SSSR count). The normalized spacial score (nSPS) is 16.3. The third-order valence-electron chi connectivity index (χ3n) is 2.76. The minimum Gasteiger partial charge on any atom is -0.373 e. The van der Waals surface area contributed by atoms with Crippen molar-refractivity contribution in [1.82, 2.24) is 10.6 Å². The average Bonchev–Trinajstić information content (AvgIpc) is 2.55. The van der Waals surface area contributed by atoms with Crippen LogP contribution < -0.4 is 10.6 Å². The largest absolute Gasteiger partial charge is 0.373 e. The zero-order valence-electron chi connectivity index (χ0n) is 11.1. The van der Waals surface area contributed by atoms with Gasteiger partial charge in [0.1, 0.15) is 0 Å². The molecule has 0 aromatic carbocycles. The van der Waals surface area contributed by atoms with Crippen molar-refractivity contribution in [1.29, 1.82) is 0 Å². The number of nitrogens with zero attached hydrogens (tertiary/aromatic N) is 1. The van der Waals surface area contributed by atoms with E-state index in [4.69, 9.17) is 0 Å². The van der Waals surface area contributed by atoms with Crippen molar-refractivity contribution < 1.29 is 4.79 Å². The summed E-state index contributed by atoms with van der Waals surface area (Å²) >= 11 is 0. The van der Waals surface area contributed by atoms with Crippen LogP contribution in [0.1, 0.15) is 46.0 Å². The highest BCUT2D eigenvalue weighted by Gasteiger charge is 2.05. The molecule has 4 nitrogen and oxygen atoms in total. The molecule has 1 aliphatic rings. The smallest absolute Gasteiger partial charge is 0.221 e. The Morgan fingerprint density at radius 1 is 1.35 bits per heavy atom. The van der Waals surface area contributed by atoms with Gasteiger partial charge < -0.3 is 10.6 Å². The van der Waals surface area contributed by atoms with E-state index in [0.29, 0.717) is 18.9 Å². The lowest BCUT2D eigenvalue weighted by molar-refractivity contribution is -0.121. The number of carbonyl (C=O) groups is 1. The molecule has 0 aromatic rings. The van der Waals surface area contributed by atoms with Crippen molar-refractivity contribution in [2.24, 2.45) is 10.9 Å². The van der Waals surface area contributed by atoms with Crippen LogP contribution in [0.25, 0.3) is 0 Å². The van der Waals surface area contributed by atoms with Gasteiger partial charge in [-0.3, -0.25) is 9.79 Å². The molecule has 1 amide bonds. The lowest BCUT2D eigenvalue weighted by atomic mass is 10.2. The molecule has 17 heavy (non-hydrogen) atoms. The molecule has 1 heterocycles. The molecule has 0 fully saturated rings. The Bertz CT molecular complexity index is 261. The van der Waals surface area contributed by atoms with Crippen LogP contribution in [-0.4, -0.2) is 31.4 Å². The van der Waals surface area contributed by atoms with Gasteiger partial charge in [-0.1, -0.05) is 20.3 Å². The van der Waals surface area contributed by atoms with Crippen LogP contribution in [0.15, 0.2) is 4.99 Å². The summed E-state index contributed by atoms with van der Waals surface area (Å²) in [5, 5.41) is 6.18. The first-order valence-electron chi connectivity index (χ1n) is 6.72. The molecule has 0 spiro atoms. The van der Waals surface area contributed by atoms with Gasteiger partial charge in [0, 0.05) is 32.5 Å². The molecule has 0 bridgehead atoms. The molecule has 2 N–H and O–H groups in total. The maximum Gasteiger partial charge on any atom is 0.221 e. The van der Waals surface area contributed by atoms with Crippen LogP contribution in [0.4, 0.5) is 0 Å². The van der Waals surface area contributed by atoms with Gasteiger partial charge in [0.2, 0.25) is 5.91 Å². The third kappa shape index (κ3) is 6.97. The molecular weight excluding hydrogens is 214 g/mol. The number of hydrogen-bond donors (Lipinski definition) is 2. The summed E-state index contributed by atoms with van der Waals surface area (Å²) in [6.45, 7) is 6.59. The van der Waals surface area contributed by atoms with Crippen LogP contribution in [-0.2, 0) is 4.79 Å². The first-order chi connectivity index (χ1) is 8.18. The van der Waals surface area contributed by atoms with Crippen LogP contribution in [0.5, 0.6) is 0 Å². The van der Waals surface area contributed by atoms with Crippen molar-refractivity contribution in [3.63, 3.8) is 0 Å². The fourth-order valence-corrected chi connectivity index (χ4v) is 1.75. The predicted molar refractivity (Wildman–Crippen MR) is 71.2 cm³/mol. The predicted octanol–water partition coefficient (Wildman–Crippen LogP) is 1.71. The molecule has 4 heteroatoms. The molecule has 0 atom stereocenters. The van der Waals surface area contributed by atoms with Crippen molar-refractivity contribution in [3.8, 4) is 0 Å². The summed E-state index contributed by atoms with van der Waals surface area (Å²) in [5.41, 5.74) is 0. The van der Waals surface area contributed by atoms with E-state index in [-0.39, 0.29) is 5.91 Å². The highest BCUT2D eigenvalue weighted by atomic mass is 16.1. The Balaban J connectivity index is 2.09. The van der Waals surface area contributed by atoms with E-state index in [2.05, 4.69) is 29.5 Å². The lowest BCUT2D eigenvalue weighted by Crippen LogP contribution is -2.32. The van der Waals surface area contributed by atoms with Crippen LogP contribution >= 0.6 is 0 Å². The van der Waals surface area contributed by atoms with E-state index in [1.807, 2.05) is 0 Å². The summed E-state index contributed by atoms with van der Waals surface area (Å²) in [6, 6.07) is 0. The monoisotopic (exact) mass is 239 g/mol. The van der Waals surface area contributed by atoms with E-state index in [1.165, 1.54) is 19.3 Å². The van der Waals surface area contributed by atoms with E-state index < -0.39 is 0 Å². The molecule has 0 aliphatic carbocycles. The topological polar surface area (TPSA) is 53.5 Å². The second-order valence-corrected chi connectivity index (χ2v) is 5.01. The van der Waals surface area contributed by atoms with Gasteiger partial charge in [0.25, 0.3) is 0 Å². The van der Waals surface area contributed by atoms with Crippen LogP contribution in [0.2, 0.25) is 0 Å². The Kier molecular flexibility index (Phi) is 6.67. The van der Waals surface area contributed by atoms with Gasteiger partial charge >= 0.3 is 0 Å². The molecular formula is C13H25N3O. The summed E-state index contributed by atoms with van der Waals surface area (Å²) in [5.74, 6) is 1.72. The number of nitrogens with one attached hydrogen (secondary N) is 2. The van der Waals surface area contributed by atoms with E-state index in [9.17, 15) is 4.79 Å². The standard InChI is InChI=1S/C13H25N3O/c1-11(2)10-16-13(17)7-9-15-12-6-4-3-5-8-14-12/h11H,3-10H2,1-2H3,(H,14,15)(H,16,17).